The molecule has 0 fully saturated rings. The molecule has 0 radical (unpaired) electrons. The summed E-state index contributed by atoms with van der Waals surface area (Å²) in [5.41, 5.74) is 4.28. The molecule has 0 atom stereocenters. The van der Waals surface area contributed by atoms with Crippen LogP contribution in [-0.2, 0) is 12.2 Å². The zero-order valence-electron chi connectivity index (χ0n) is 12.5. The standard InChI is InChI=1S/C16H15N3O2S2/c1-11-14(7-12-5-3-2-4-6-12)18-16(17-11)23-10-13-8-15(19(20)21)22-9-13/h2-6,8-9H,7,10H2,1H3,(H,17,18). The van der Waals surface area contributed by atoms with Crippen molar-refractivity contribution in [3.05, 3.63) is 74.4 Å². The van der Waals surface area contributed by atoms with Gasteiger partial charge in [0.25, 0.3) is 0 Å². The maximum Gasteiger partial charge on any atom is 0.324 e. The van der Waals surface area contributed by atoms with Gasteiger partial charge in [0.05, 0.1) is 10.6 Å². The minimum Gasteiger partial charge on any atom is -0.337 e. The molecule has 3 rings (SSSR count). The molecule has 0 unspecified atom stereocenters. The second-order valence-electron chi connectivity index (χ2n) is 5.12. The van der Waals surface area contributed by atoms with Gasteiger partial charge < -0.3 is 4.98 Å². The molecule has 1 N–H and O–H groups in total. The number of H-pyrrole nitrogens is 1. The van der Waals surface area contributed by atoms with Gasteiger partial charge in [-0.1, -0.05) is 53.4 Å². The van der Waals surface area contributed by atoms with Crippen LogP contribution < -0.4 is 0 Å². The number of thiophene rings is 1. The molecule has 3 aromatic rings. The van der Waals surface area contributed by atoms with Crippen LogP contribution in [0.3, 0.4) is 0 Å². The Kier molecular flexibility index (Phi) is 4.78. The van der Waals surface area contributed by atoms with Gasteiger partial charge in [-0.05, 0) is 18.1 Å². The third kappa shape index (κ3) is 4.00. The Balaban J connectivity index is 1.64. The summed E-state index contributed by atoms with van der Waals surface area (Å²) in [4.78, 5) is 18.3. The molecule has 0 aliphatic heterocycles. The lowest BCUT2D eigenvalue weighted by Gasteiger charge is -1.98. The smallest absolute Gasteiger partial charge is 0.324 e. The summed E-state index contributed by atoms with van der Waals surface area (Å²) in [5.74, 6) is 0.669. The van der Waals surface area contributed by atoms with Crippen molar-refractivity contribution in [3.8, 4) is 0 Å². The van der Waals surface area contributed by atoms with E-state index in [4.69, 9.17) is 0 Å². The molecule has 0 saturated heterocycles. The first-order valence-corrected chi connectivity index (χ1v) is 8.92. The molecule has 7 heteroatoms. The summed E-state index contributed by atoms with van der Waals surface area (Å²) in [5, 5.41) is 13.6. The van der Waals surface area contributed by atoms with E-state index in [1.54, 1.807) is 17.8 Å². The molecule has 0 amide bonds. The molecule has 0 bridgehead atoms. The summed E-state index contributed by atoms with van der Waals surface area (Å²) < 4.78 is 0. The van der Waals surface area contributed by atoms with Gasteiger partial charge >= 0.3 is 5.00 Å². The molecule has 0 aliphatic carbocycles. The van der Waals surface area contributed by atoms with Crippen molar-refractivity contribution < 1.29 is 4.92 Å². The number of imidazole rings is 1. The second-order valence-corrected chi connectivity index (χ2v) is 6.97. The van der Waals surface area contributed by atoms with Crippen LogP contribution in [0, 0.1) is 17.0 Å². The zero-order valence-corrected chi connectivity index (χ0v) is 14.1. The van der Waals surface area contributed by atoms with Crippen LogP contribution in [0.15, 0.2) is 46.9 Å². The first kappa shape index (κ1) is 15.8. The van der Waals surface area contributed by atoms with Crippen LogP contribution in [0.4, 0.5) is 5.00 Å². The maximum absolute atomic E-state index is 10.7. The predicted octanol–water partition coefficient (Wildman–Crippen LogP) is 4.57. The van der Waals surface area contributed by atoms with Gasteiger partial charge in [-0.2, -0.15) is 0 Å². The average molecular weight is 345 g/mol. The van der Waals surface area contributed by atoms with Crippen LogP contribution >= 0.6 is 23.1 Å². The molecule has 118 valence electrons. The number of rotatable bonds is 6. The van der Waals surface area contributed by atoms with Gasteiger partial charge in [-0.3, -0.25) is 10.1 Å². The number of aromatic amines is 1. The zero-order chi connectivity index (χ0) is 16.2. The largest absolute Gasteiger partial charge is 0.337 e. The average Bonchev–Trinajstić information content (AvgIpc) is 3.14. The Labute approximate surface area is 141 Å². The Morgan fingerprint density at radius 3 is 2.78 bits per heavy atom. The van der Waals surface area contributed by atoms with Gasteiger partial charge in [0.15, 0.2) is 5.16 Å². The minimum absolute atomic E-state index is 0.181. The fourth-order valence-corrected chi connectivity index (χ4v) is 3.89. The number of aromatic nitrogens is 2. The van der Waals surface area contributed by atoms with Gasteiger partial charge in [0.2, 0.25) is 0 Å². The predicted molar refractivity (Wildman–Crippen MR) is 93.1 cm³/mol. The van der Waals surface area contributed by atoms with E-state index in [2.05, 4.69) is 22.1 Å². The number of nitrogens with one attached hydrogen (secondary N) is 1. The van der Waals surface area contributed by atoms with E-state index in [1.165, 1.54) is 5.56 Å². The molecule has 23 heavy (non-hydrogen) atoms. The Hall–Kier alpha value is -2.12. The maximum atomic E-state index is 10.7. The lowest BCUT2D eigenvalue weighted by atomic mass is 10.1. The summed E-state index contributed by atoms with van der Waals surface area (Å²) in [6, 6.07) is 11.9. The Morgan fingerprint density at radius 1 is 1.30 bits per heavy atom. The number of thioether (sulfide) groups is 1. The molecule has 2 heterocycles. The fourth-order valence-electron chi connectivity index (χ4n) is 2.18. The van der Waals surface area contributed by atoms with E-state index in [-0.39, 0.29) is 9.92 Å². The number of nitrogens with zero attached hydrogens (tertiary/aromatic N) is 2. The van der Waals surface area contributed by atoms with Crippen LogP contribution in [0.25, 0.3) is 0 Å². The summed E-state index contributed by atoms with van der Waals surface area (Å²) >= 11 is 2.72. The second kappa shape index (κ2) is 6.97. The number of nitro groups is 1. The van der Waals surface area contributed by atoms with Crippen LogP contribution in [0.2, 0.25) is 0 Å². The van der Waals surface area contributed by atoms with Gasteiger partial charge in [-0.25, -0.2) is 4.98 Å². The topological polar surface area (TPSA) is 71.8 Å². The molecular formula is C16H15N3O2S2. The highest BCUT2D eigenvalue weighted by atomic mass is 32.2. The molecule has 1 aromatic carbocycles. The quantitative estimate of drug-likeness (QED) is 0.403. The first-order chi connectivity index (χ1) is 11.1. The first-order valence-electron chi connectivity index (χ1n) is 7.06. The highest BCUT2D eigenvalue weighted by Crippen LogP contribution is 2.28. The van der Waals surface area contributed by atoms with E-state index in [1.807, 2.05) is 30.5 Å². The highest BCUT2D eigenvalue weighted by molar-refractivity contribution is 7.98. The molecule has 2 aromatic heterocycles. The molecule has 0 saturated carbocycles. The van der Waals surface area contributed by atoms with Crippen molar-refractivity contribution in [2.75, 3.05) is 0 Å². The molecular weight excluding hydrogens is 330 g/mol. The normalized spacial score (nSPS) is 10.8. The number of aryl methyl sites for hydroxylation is 1. The third-order valence-electron chi connectivity index (χ3n) is 3.37. The Bertz CT molecular complexity index is 812. The summed E-state index contributed by atoms with van der Waals surface area (Å²) in [6.45, 7) is 2.02. The van der Waals surface area contributed by atoms with E-state index in [0.717, 1.165) is 39.9 Å². The van der Waals surface area contributed by atoms with E-state index in [0.29, 0.717) is 5.75 Å². The van der Waals surface area contributed by atoms with Crippen molar-refractivity contribution in [2.24, 2.45) is 0 Å². The van der Waals surface area contributed by atoms with Crippen molar-refractivity contribution in [3.63, 3.8) is 0 Å². The van der Waals surface area contributed by atoms with Crippen molar-refractivity contribution in [2.45, 2.75) is 24.3 Å². The lowest BCUT2D eigenvalue weighted by Crippen LogP contribution is -1.90. The third-order valence-corrected chi connectivity index (χ3v) is 5.25. The monoisotopic (exact) mass is 345 g/mol. The minimum atomic E-state index is -0.353. The number of hydrogen-bond donors (Lipinski definition) is 1. The van der Waals surface area contributed by atoms with E-state index < -0.39 is 0 Å². The van der Waals surface area contributed by atoms with Gasteiger partial charge in [0.1, 0.15) is 0 Å². The van der Waals surface area contributed by atoms with Gasteiger partial charge in [-0.15, -0.1) is 0 Å². The SMILES string of the molecule is Cc1[nH]c(SCc2csc([N+](=O)[O-])c2)nc1Cc1ccccc1. The van der Waals surface area contributed by atoms with Crippen molar-refractivity contribution >= 4 is 28.1 Å². The van der Waals surface area contributed by atoms with E-state index in [9.17, 15) is 10.1 Å². The molecule has 5 nitrogen and oxygen atoms in total. The van der Waals surface area contributed by atoms with Crippen molar-refractivity contribution in [1.82, 2.24) is 9.97 Å². The van der Waals surface area contributed by atoms with Crippen LogP contribution in [0.5, 0.6) is 0 Å². The number of benzene rings is 1. The van der Waals surface area contributed by atoms with Crippen LogP contribution in [0.1, 0.15) is 22.5 Å². The van der Waals surface area contributed by atoms with Gasteiger partial charge in [0, 0.05) is 29.3 Å². The fraction of sp³-hybridized carbons (Fsp3) is 0.188. The Morgan fingerprint density at radius 2 is 2.09 bits per heavy atom. The highest BCUT2D eigenvalue weighted by Gasteiger charge is 2.12. The van der Waals surface area contributed by atoms with Crippen LogP contribution in [-0.4, -0.2) is 14.9 Å². The molecule has 0 spiro atoms. The summed E-state index contributed by atoms with van der Waals surface area (Å²) in [6.07, 6.45) is 0.799. The molecule has 0 aliphatic rings. The van der Waals surface area contributed by atoms with Crippen molar-refractivity contribution in [1.29, 1.82) is 0 Å². The number of hydrogen-bond acceptors (Lipinski definition) is 5. The van der Waals surface area contributed by atoms with E-state index >= 15 is 0 Å². The lowest BCUT2D eigenvalue weighted by molar-refractivity contribution is -0.380. The summed E-state index contributed by atoms with van der Waals surface area (Å²) in [7, 11) is 0.